The first kappa shape index (κ1) is 16.8. The van der Waals surface area contributed by atoms with Crippen LogP contribution in [-0.4, -0.2) is 29.4 Å². The lowest BCUT2D eigenvalue weighted by Gasteiger charge is -2.36. The second-order valence-electron chi connectivity index (χ2n) is 5.73. The second kappa shape index (κ2) is 7.61. The van der Waals surface area contributed by atoms with Gasteiger partial charge in [0.1, 0.15) is 0 Å². The van der Waals surface area contributed by atoms with E-state index in [0.717, 1.165) is 43.1 Å². The van der Waals surface area contributed by atoms with E-state index < -0.39 is 0 Å². The van der Waals surface area contributed by atoms with Crippen LogP contribution in [0.5, 0.6) is 0 Å². The summed E-state index contributed by atoms with van der Waals surface area (Å²) in [6.07, 6.45) is 4.94. The standard InChI is InChI=1S/C16H22BrClN2O/c1-2-7-20(15-5-3-14(19)4-6-15)16(21)11-8-12(17)10-13(18)9-11/h8-10,14-15H,2-7,19H2,1H3. The monoisotopic (exact) mass is 372 g/mol. The minimum atomic E-state index is 0.0699. The molecule has 0 saturated heterocycles. The van der Waals surface area contributed by atoms with E-state index in [1.54, 1.807) is 12.1 Å². The van der Waals surface area contributed by atoms with Gasteiger partial charge in [-0.25, -0.2) is 0 Å². The summed E-state index contributed by atoms with van der Waals surface area (Å²) in [5, 5.41) is 0.579. The van der Waals surface area contributed by atoms with Gasteiger partial charge in [-0.3, -0.25) is 4.79 Å². The molecule has 0 aliphatic heterocycles. The van der Waals surface area contributed by atoms with E-state index in [0.29, 0.717) is 22.7 Å². The van der Waals surface area contributed by atoms with Crippen LogP contribution in [0.25, 0.3) is 0 Å². The highest BCUT2D eigenvalue weighted by molar-refractivity contribution is 9.10. The Balaban J connectivity index is 2.18. The van der Waals surface area contributed by atoms with Crippen molar-refractivity contribution in [2.24, 2.45) is 5.73 Å². The van der Waals surface area contributed by atoms with E-state index in [1.165, 1.54) is 0 Å². The Morgan fingerprint density at radius 3 is 2.57 bits per heavy atom. The number of carbonyl (C=O) groups is 1. The van der Waals surface area contributed by atoms with Crippen LogP contribution in [0.1, 0.15) is 49.4 Å². The van der Waals surface area contributed by atoms with Crippen LogP contribution in [0.2, 0.25) is 5.02 Å². The van der Waals surface area contributed by atoms with E-state index in [1.807, 2.05) is 11.0 Å². The molecule has 0 heterocycles. The molecule has 2 rings (SSSR count). The van der Waals surface area contributed by atoms with Gasteiger partial charge in [-0.05, 0) is 50.3 Å². The smallest absolute Gasteiger partial charge is 0.254 e. The van der Waals surface area contributed by atoms with Crippen molar-refractivity contribution in [2.45, 2.75) is 51.1 Å². The molecule has 1 saturated carbocycles. The lowest BCUT2D eigenvalue weighted by Crippen LogP contribution is -2.44. The third-order valence-corrected chi connectivity index (χ3v) is 4.69. The fourth-order valence-electron chi connectivity index (χ4n) is 2.95. The van der Waals surface area contributed by atoms with Crippen LogP contribution in [-0.2, 0) is 0 Å². The van der Waals surface area contributed by atoms with Crippen molar-refractivity contribution >= 4 is 33.4 Å². The molecule has 1 aliphatic carbocycles. The van der Waals surface area contributed by atoms with E-state index in [2.05, 4.69) is 22.9 Å². The van der Waals surface area contributed by atoms with Crippen molar-refractivity contribution in [3.05, 3.63) is 33.3 Å². The summed E-state index contributed by atoms with van der Waals surface area (Å²) in [4.78, 5) is 14.8. The molecule has 3 nitrogen and oxygen atoms in total. The zero-order chi connectivity index (χ0) is 15.4. The van der Waals surface area contributed by atoms with Crippen molar-refractivity contribution in [1.82, 2.24) is 4.90 Å². The fraction of sp³-hybridized carbons (Fsp3) is 0.562. The van der Waals surface area contributed by atoms with E-state index in [-0.39, 0.29) is 5.91 Å². The molecular weight excluding hydrogens is 352 g/mol. The van der Waals surface area contributed by atoms with Crippen molar-refractivity contribution < 1.29 is 4.79 Å². The number of nitrogens with zero attached hydrogens (tertiary/aromatic N) is 1. The van der Waals surface area contributed by atoms with E-state index in [4.69, 9.17) is 17.3 Å². The molecule has 1 amide bonds. The van der Waals surface area contributed by atoms with E-state index >= 15 is 0 Å². The Morgan fingerprint density at radius 2 is 2.00 bits per heavy atom. The number of nitrogens with two attached hydrogens (primary N) is 1. The second-order valence-corrected chi connectivity index (χ2v) is 7.08. The van der Waals surface area contributed by atoms with Gasteiger partial charge in [0.2, 0.25) is 0 Å². The molecule has 1 aromatic rings. The molecule has 0 spiro atoms. The van der Waals surface area contributed by atoms with Crippen LogP contribution < -0.4 is 5.73 Å². The maximum Gasteiger partial charge on any atom is 0.254 e. The summed E-state index contributed by atoms with van der Waals surface area (Å²) in [6, 6.07) is 5.97. The van der Waals surface area contributed by atoms with Gasteiger partial charge in [-0.15, -0.1) is 0 Å². The highest BCUT2D eigenvalue weighted by Crippen LogP contribution is 2.26. The van der Waals surface area contributed by atoms with Crippen molar-refractivity contribution in [1.29, 1.82) is 0 Å². The third kappa shape index (κ3) is 4.44. The van der Waals surface area contributed by atoms with Gasteiger partial charge >= 0.3 is 0 Å². The zero-order valence-electron chi connectivity index (χ0n) is 12.3. The van der Waals surface area contributed by atoms with Crippen molar-refractivity contribution in [2.75, 3.05) is 6.54 Å². The molecule has 0 radical (unpaired) electrons. The first-order chi connectivity index (χ1) is 10.0. The summed E-state index contributed by atoms with van der Waals surface area (Å²) >= 11 is 9.47. The number of hydrogen-bond acceptors (Lipinski definition) is 2. The van der Waals surface area contributed by atoms with Gasteiger partial charge in [-0.2, -0.15) is 0 Å². The average molecular weight is 374 g/mol. The maximum atomic E-state index is 12.8. The minimum Gasteiger partial charge on any atom is -0.336 e. The summed E-state index contributed by atoms with van der Waals surface area (Å²) in [5.41, 5.74) is 6.62. The normalized spacial score (nSPS) is 22.1. The summed E-state index contributed by atoms with van der Waals surface area (Å²) < 4.78 is 0.834. The summed E-state index contributed by atoms with van der Waals surface area (Å²) in [6.45, 7) is 2.88. The molecule has 1 aliphatic rings. The maximum absolute atomic E-state index is 12.8. The van der Waals surface area contributed by atoms with Gasteiger partial charge in [-0.1, -0.05) is 34.5 Å². The molecule has 5 heteroatoms. The number of rotatable bonds is 4. The quantitative estimate of drug-likeness (QED) is 0.858. The van der Waals surface area contributed by atoms with Crippen LogP contribution in [0.4, 0.5) is 0 Å². The minimum absolute atomic E-state index is 0.0699. The van der Waals surface area contributed by atoms with Gasteiger partial charge < -0.3 is 10.6 Å². The summed E-state index contributed by atoms with van der Waals surface area (Å²) in [5.74, 6) is 0.0699. The van der Waals surface area contributed by atoms with Crippen LogP contribution >= 0.6 is 27.5 Å². The Kier molecular flexibility index (Phi) is 6.08. The number of benzene rings is 1. The predicted octanol–water partition coefficient (Wildman–Crippen LogP) is 4.22. The van der Waals surface area contributed by atoms with Crippen molar-refractivity contribution in [3.63, 3.8) is 0 Å². The number of amides is 1. The number of halogens is 2. The first-order valence-corrected chi connectivity index (χ1v) is 8.71. The molecule has 2 N–H and O–H groups in total. The molecular formula is C16H22BrClN2O. The van der Waals surface area contributed by atoms with Gasteiger partial charge in [0.25, 0.3) is 5.91 Å². The molecule has 1 fully saturated rings. The number of carbonyl (C=O) groups excluding carboxylic acids is 1. The Bertz CT molecular complexity index is 481. The molecule has 0 atom stereocenters. The molecule has 0 unspecified atom stereocenters. The van der Waals surface area contributed by atoms with Gasteiger partial charge in [0, 0.05) is 33.7 Å². The lowest BCUT2D eigenvalue weighted by molar-refractivity contribution is 0.0626. The van der Waals surface area contributed by atoms with Gasteiger partial charge in [0.05, 0.1) is 0 Å². The topological polar surface area (TPSA) is 46.3 Å². The third-order valence-electron chi connectivity index (χ3n) is 4.02. The Labute approximate surface area is 140 Å². The van der Waals surface area contributed by atoms with Crippen LogP contribution in [0.3, 0.4) is 0 Å². The Hall–Kier alpha value is -0.580. The largest absolute Gasteiger partial charge is 0.336 e. The zero-order valence-corrected chi connectivity index (χ0v) is 14.7. The van der Waals surface area contributed by atoms with E-state index in [9.17, 15) is 4.79 Å². The van der Waals surface area contributed by atoms with Crippen LogP contribution in [0.15, 0.2) is 22.7 Å². The fourth-order valence-corrected chi connectivity index (χ4v) is 3.81. The molecule has 0 bridgehead atoms. The highest BCUT2D eigenvalue weighted by Gasteiger charge is 2.28. The highest BCUT2D eigenvalue weighted by atomic mass is 79.9. The van der Waals surface area contributed by atoms with Crippen molar-refractivity contribution in [3.8, 4) is 0 Å². The molecule has 1 aromatic carbocycles. The van der Waals surface area contributed by atoms with Crippen LogP contribution in [0, 0.1) is 0 Å². The van der Waals surface area contributed by atoms with Gasteiger partial charge in [0.15, 0.2) is 0 Å². The molecule has 0 aromatic heterocycles. The number of hydrogen-bond donors (Lipinski definition) is 1. The Morgan fingerprint density at radius 1 is 1.33 bits per heavy atom. The first-order valence-electron chi connectivity index (χ1n) is 7.54. The molecule has 116 valence electrons. The molecule has 21 heavy (non-hydrogen) atoms. The average Bonchev–Trinajstić information content (AvgIpc) is 2.44. The lowest BCUT2D eigenvalue weighted by atomic mass is 9.90. The SMILES string of the molecule is CCCN(C(=O)c1cc(Cl)cc(Br)c1)C1CCC(N)CC1. The predicted molar refractivity (Wildman–Crippen MR) is 90.7 cm³/mol. The summed E-state index contributed by atoms with van der Waals surface area (Å²) in [7, 11) is 0.